The standard InChI is InChI=1S/C11H9Br2ClN2S/c1-2-8(13)11-16-15-10(17-11)7-4-3-6(12)5-9(7)14/h3-5,8H,2H2,1H3. The van der Waals surface area contributed by atoms with Gasteiger partial charge in [0.25, 0.3) is 0 Å². The van der Waals surface area contributed by atoms with E-state index in [1.807, 2.05) is 18.2 Å². The zero-order valence-electron chi connectivity index (χ0n) is 8.95. The number of halogens is 3. The molecule has 0 aliphatic rings. The van der Waals surface area contributed by atoms with Gasteiger partial charge in [0.2, 0.25) is 0 Å². The first-order chi connectivity index (χ1) is 8.11. The van der Waals surface area contributed by atoms with Crippen LogP contribution in [0.1, 0.15) is 23.2 Å². The van der Waals surface area contributed by atoms with Crippen molar-refractivity contribution in [3.63, 3.8) is 0 Å². The van der Waals surface area contributed by atoms with Gasteiger partial charge in [-0.15, -0.1) is 10.2 Å². The van der Waals surface area contributed by atoms with Crippen molar-refractivity contribution in [1.82, 2.24) is 10.2 Å². The van der Waals surface area contributed by atoms with Crippen molar-refractivity contribution in [2.45, 2.75) is 18.2 Å². The molecule has 0 saturated carbocycles. The summed E-state index contributed by atoms with van der Waals surface area (Å²) in [6.07, 6.45) is 0.989. The highest BCUT2D eigenvalue weighted by atomic mass is 79.9. The van der Waals surface area contributed by atoms with Crippen molar-refractivity contribution in [3.8, 4) is 10.6 Å². The van der Waals surface area contributed by atoms with Gasteiger partial charge in [-0.1, -0.05) is 61.7 Å². The molecule has 0 aliphatic carbocycles. The number of rotatable bonds is 3. The Balaban J connectivity index is 2.37. The maximum Gasteiger partial charge on any atom is 0.149 e. The van der Waals surface area contributed by atoms with Crippen molar-refractivity contribution in [2.24, 2.45) is 0 Å². The summed E-state index contributed by atoms with van der Waals surface area (Å²) in [7, 11) is 0. The van der Waals surface area contributed by atoms with E-state index < -0.39 is 0 Å². The Hall–Kier alpha value is 0.0300. The molecule has 0 radical (unpaired) electrons. The molecule has 1 aromatic carbocycles. The van der Waals surface area contributed by atoms with Crippen LogP contribution >= 0.6 is 54.8 Å². The molecule has 17 heavy (non-hydrogen) atoms. The molecule has 0 N–H and O–H groups in total. The summed E-state index contributed by atoms with van der Waals surface area (Å²) in [4.78, 5) is 0.267. The molecule has 2 aromatic rings. The van der Waals surface area contributed by atoms with E-state index >= 15 is 0 Å². The lowest BCUT2D eigenvalue weighted by Crippen LogP contribution is -1.84. The molecule has 1 aromatic heterocycles. The second-order valence-electron chi connectivity index (χ2n) is 3.45. The molecule has 0 aliphatic heterocycles. The summed E-state index contributed by atoms with van der Waals surface area (Å²) in [6.45, 7) is 2.10. The summed E-state index contributed by atoms with van der Waals surface area (Å²) in [5.41, 5.74) is 0.925. The third kappa shape index (κ3) is 3.08. The third-order valence-corrected chi connectivity index (χ3v) is 5.49. The smallest absolute Gasteiger partial charge is 0.142 e. The van der Waals surface area contributed by atoms with Crippen LogP contribution in [0.2, 0.25) is 5.02 Å². The Morgan fingerprint density at radius 3 is 2.82 bits per heavy atom. The average molecular weight is 397 g/mol. The fraction of sp³-hybridized carbons (Fsp3) is 0.273. The number of nitrogens with zero attached hydrogens (tertiary/aromatic N) is 2. The maximum absolute atomic E-state index is 6.18. The normalized spacial score (nSPS) is 12.7. The van der Waals surface area contributed by atoms with Gasteiger partial charge < -0.3 is 0 Å². The zero-order chi connectivity index (χ0) is 12.4. The summed E-state index contributed by atoms with van der Waals surface area (Å²) >= 11 is 14.7. The number of hydrogen-bond acceptors (Lipinski definition) is 3. The van der Waals surface area contributed by atoms with E-state index in [1.54, 1.807) is 11.3 Å². The summed E-state index contributed by atoms with van der Waals surface area (Å²) in [5.74, 6) is 0. The van der Waals surface area contributed by atoms with Gasteiger partial charge in [-0.25, -0.2) is 0 Å². The van der Waals surface area contributed by atoms with Crippen LogP contribution < -0.4 is 0 Å². The number of alkyl halides is 1. The topological polar surface area (TPSA) is 25.8 Å². The van der Waals surface area contributed by atoms with E-state index in [9.17, 15) is 0 Å². The highest BCUT2D eigenvalue weighted by Gasteiger charge is 2.14. The van der Waals surface area contributed by atoms with Crippen molar-refractivity contribution in [3.05, 3.63) is 32.7 Å². The van der Waals surface area contributed by atoms with Crippen LogP contribution in [0.3, 0.4) is 0 Å². The molecule has 0 fully saturated rings. The third-order valence-electron chi connectivity index (χ3n) is 2.23. The minimum atomic E-state index is 0.267. The van der Waals surface area contributed by atoms with Crippen LogP contribution in [0.5, 0.6) is 0 Å². The van der Waals surface area contributed by atoms with Crippen LogP contribution in [-0.2, 0) is 0 Å². The van der Waals surface area contributed by atoms with E-state index in [0.29, 0.717) is 5.02 Å². The van der Waals surface area contributed by atoms with E-state index in [4.69, 9.17) is 11.6 Å². The lowest BCUT2D eigenvalue weighted by molar-refractivity contribution is 0.870. The summed E-state index contributed by atoms with van der Waals surface area (Å²) in [5, 5.41) is 10.9. The van der Waals surface area contributed by atoms with Gasteiger partial charge in [0.05, 0.1) is 9.85 Å². The quantitative estimate of drug-likeness (QED) is 0.643. The fourth-order valence-electron chi connectivity index (χ4n) is 1.31. The highest BCUT2D eigenvalue weighted by Crippen LogP contribution is 2.36. The second kappa shape index (κ2) is 5.78. The van der Waals surface area contributed by atoms with Crippen molar-refractivity contribution in [2.75, 3.05) is 0 Å². The molecule has 1 heterocycles. The van der Waals surface area contributed by atoms with Crippen LogP contribution in [0.25, 0.3) is 10.6 Å². The first-order valence-corrected chi connectivity index (χ1v) is 7.95. The molecule has 2 nitrogen and oxygen atoms in total. The summed E-state index contributed by atoms with van der Waals surface area (Å²) < 4.78 is 0.961. The lowest BCUT2D eigenvalue weighted by Gasteiger charge is -2.00. The van der Waals surface area contributed by atoms with Crippen LogP contribution in [-0.4, -0.2) is 10.2 Å². The molecule has 0 saturated heterocycles. The minimum absolute atomic E-state index is 0.267. The molecule has 0 amide bonds. The van der Waals surface area contributed by atoms with Crippen LogP contribution in [0, 0.1) is 0 Å². The Morgan fingerprint density at radius 1 is 1.41 bits per heavy atom. The van der Waals surface area contributed by atoms with Gasteiger partial charge >= 0.3 is 0 Å². The van der Waals surface area contributed by atoms with Gasteiger partial charge in [0.15, 0.2) is 0 Å². The van der Waals surface area contributed by atoms with Gasteiger partial charge in [-0.2, -0.15) is 0 Å². The van der Waals surface area contributed by atoms with Gasteiger partial charge in [0, 0.05) is 10.0 Å². The molecular weight excluding hydrogens is 387 g/mol. The second-order valence-corrected chi connectivity index (χ2v) is 6.88. The molecule has 90 valence electrons. The van der Waals surface area contributed by atoms with Crippen molar-refractivity contribution >= 4 is 54.8 Å². The fourth-order valence-corrected chi connectivity index (χ4v) is 3.44. The predicted molar refractivity (Wildman–Crippen MR) is 80.0 cm³/mol. The van der Waals surface area contributed by atoms with Crippen LogP contribution in [0.15, 0.2) is 22.7 Å². The Morgan fingerprint density at radius 2 is 2.18 bits per heavy atom. The lowest BCUT2D eigenvalue weighted by atomic mass is 10.2. The Kier molecular flexibility index (Phi) is 4.58. The summed E-state index contributed by atoms with van der Waals surface area (Å²) in [6, 6.07) is 5.77. The molecular formula is C11H9Br2ClN2S. The molecule has 2 rings (SSSR count). The molecule has 1 atom stereocenters. The highest BCUT2D eigenvalue weighted by molar-refractivity contribution is 9.10. The van der Waals surface area contributed by atoms with Crippen molar-refractivity contribution in [1.29, 1.82) is 0 Å². The maximum atomic E-state index is 6.18. The number of hydrogen-bond donors (Lipinski definition) is 0. The van der Waals surface area contributed by atoms with Gasteiger partial charge in [-0.3, -0.25) is 0 Å². The predicted octanol–water partition coefficient (Wildman–Crippen LogP) is 5.47. The van der Waals surface area contributed by atoms with E-state index in [0.717, 1.165) is 26.5 Å². The first kappa shape index (κ1) is 13.5. The minimum Gasteiger partial charge on any atom is -0.142 e. The number of benzene rings is 1. The molecule has 1 unspecified atom stereocenters. The van der Waals surface area contributed by atoms with E-state index in [1.165, 1.54) is 0 Å². The first-order valence-electron chi connectivity index (χ1n) is 5.04. The van der Waals surface area contributed by atoms with E-state index in [2.05, 4.69) is 49.0 Å². The van der Waals surface area contributed by atoms with Gasteiger partial charge in [0.1, 0.15) is 10.0 Å². The van der Waals surface area contributed by atoms with Crippen molar-refractivity contribution < 1.29 is 0 Å². The Labute approximate surface area is 126 Å². The van der Waals surface area contributed by atoms with Gasteiger partial charge in [-0.05, 0) is 24.6 Å². The largest absolute Gasteiger partial charge is 0.149 e. The zero-order valence-corrected chi connectivity index (χ0v) is 13.7. The van der Waals surface area contributed by atoms with E-state index in [-0.39, 0.29) is 4.83 Å². The Bertz CT molecular complexity index is 530. The number of aromatic nitrogens is 2. The average Bonchev–Trinajstić information content (AvgIpc) is 2.77. The molecule has 0 bridgehead atoms. The molecule has 6 heteroatoms. The monoisotopic (exact) mass is 394 g/mol. The van der Waals surface area contributed by atoms with Crippen LogP contribution in [0.4, 0.5) is 0 Å². The molecule has 0 spiro atoms. The SMILES string of the molecule is CCC(Br)c1nnc(-c2ccc(Br)cc2Cl)s1.